The molecule has 0 aliphatic heterocycles. The molecule has 0 spiro atoms. The molecule has 0 heterocycles. The van der Waals surface area contributed by atoms with Gasteiger partial charge in [-0.1, -0.05) is 23.2 Å². The van der Waals surface area contributed by atoms with Gasteiger partial charge in [0.2, 0.25) is 0 Å². The molecule has 0 bridgehead atoms. The number of anilines is 1. The molecule has 0 aliphatic carbocycles. The van der Waals surface area contributed by atoms with Gasteiger partial charge in [-0.2, -0.15) is 22.0 Å². The van der Waals surface area contributed by atoms with E-state index in [9.17, 15) is 26.7 Å². The van der Waals surface area contributed by atoms with Crippen molar-refractivity contribution in [3.8, 4) is 5.75 Å². The number of carbonyl (C=O) groups excluding carboxylic acids is 1. The highest BCUT2D eigenvalue weighted by molar-refractivity contribution is 6.37. The van der Waals surface area contributed by atoms with Crippen LogP contribution < -0.4 is 10.1 Å². The zero-order chi connectivity index (χ0) is 14.8. The molecule has 0 atom stereocenters. The molecular formula is C9H4Cl2F5NO2. The molecule has 0 unspecified atom stereocenters. The van der Waals surface area contributed by atoms with Gasteiger partial charge in [0.15, 0.2) is 5.75 Å². The third kappa shape index (κ3) is 4.39. The number of ether oxygens (including phenoxy) is 1. The van der Waals surface area contributed by atoms with Crippen LogP contribution in [0.3, 0.4) is 0 Å². The molecule has 19 heavy (non-hydrogen) atoms. The number of hydrogen-bond acceptors (Lipinski definition) is 2. The molecular weight excluding hydrogens is 320 g/mol. The zero-order valence-corrected chi connectivity index (χ0v) is 10.2. The maximum absolute atomic E-state index is 12.0. The van der Waals surface area contributed by atoms with Crippen LogP contribution in [0.4, 0.5) is 27.6 Å². The van der Waals surface area contributed by atoms with Crippen LogP contribution in [0.1, 0.15) is 0 Å². The van der Waals surface area contributed by atoms with Crippen LogP contribution in [-0.2, 0) is 4.79 Å². The zero-order valence-electron chi connectivity index (χ0n) is 8.69. The Morgan fingerprint density at radius 2 is 1.68 bits per heavy atom. The second-order valence-electron chi connectivity index (χ2n) is 3.10. The highest BCUT2D eigenvalue weighted by Crippen LogP contribution is 2.37. The van der Waals surface area contributed by atoms with Crippen molar-refractivity contribution in [3.05, 3.63) is 22.2 Å². The van der Waals surface area contributed by atoms with Gasteiger partial charge in [0, 0.05) is 5.69 Å². The van der Waals surface area contributed by atoms with Gasteiger partial charge in [0.25, 0.3) is 0 Å². The van der Waals surface area contributed by atoms with E-state index >= 15 is 0 Å². The molecule has 0 aromatic heterocycles. The molecule has 0 radical (unpaired) electrons. The Morgan fingerprint density at radius 1 is 1.21 bits per heavy atom. The van der Waals surface area contributed by atoms with Crippen LogP contribution in [0.25, 0.3) is 0 Å². The van der Waals surface area contributed by atoms with Crippen molar-refractivity contribution >= 4 is 34.8 Å². The summed E-state index contributed by atoms with van der Waals surface area (Å²) >= 11 is 11.0. The fourth-order valence-corrected chi connectivity index (χ4v) is 1.61. The summed E-state index contributed by atoms with van der Waals surface area (Å²) in [4.78, 5) is 10.6. The maximum atomic E-state index is 12.0. The number of carbonyl (C=O) groups is 1. The third-order valence-electron chi connectivity index (χ3n) is 1.72. The minimum atomic E-state index is -5.10. The van der Waals surface area contributed by atoms with Gasteiger partial charge in [-0.05, 0) is 12.1 Å². The Kier molecular flexibility index (Phi) is 4.81. The quantitative estimate of drug-likeness (QED) is 0.851. The predicted octanol–water partition coefficient (Wildman–Crippen LogP) is 4.10. The first kappa shape index (κ1) is 15.8. The van der Waals surface area contributed by atoms with E-state index in [1.54, 1.807) is 0 Å². The summed E-state index contributed by atoms with van der Waals surface area (Å²) in [5.74, 6) is -2.84. The fourth-order valence-electron chi connectivity index (χ4n) is 1.04. The van der Waals surface area contributed by atoms with Crippen molar-refractivity contribution in [2.75, 3.05) is 5.32 Å². The van der Waals surface area contributed by atoms with E-state index in [1.807, 2.05) is 0 Å². The van der Waals surface area contributed by atoms with Gasteiger partial charge in [-0.25, -0.2) is 0 Å². The molecule has 0 aliphatic rings. The van der Waals surface area contributed by atoms with Gasteiger partial charge < -0.3 is 10.1 Å². The highest BCUT2D eigenvalue weighted by Gasteiger charge is 2.38. The first-order valence-corrected chi connectivity index (χ1v) is 5.19. The van der Waals surface area contributed by atoms with E-state index in [0.29, 0.717) is 0 Å². The minimum Gasteiger partial charge on any atom is -0.432 e. The predicted molar refractivity (Wildman–Crippen MR) is 57.8 cm³/mol. The lowest BCUT2D eigenvalue weighted by molar-refractivity contribution is -0.167. The van der Waals surface area contributed by atoms with Crippen LogP contribution >= 0.6 is 23.2 Å². The van der Waals surface area contributed by atoms with E-state index < -0.39 is 40.2 Å². The third-order valence-corrected chi connectivity index (χ3v) is 2.28. The number of rotatable bonds is 3. The summed E-state index contributed by atoms with van der Waals surface area (Å²) < 4.78 is 63.9. The summed E-state index contributed by atoms with van der Waals surface area (Å²) in [6, 6.07) is 1.60. The van der Waals surface area contributed by atoms with Crippen molar-refractivity contribution in [1.29, 1.82) is 0 Å². The molecule has 1 aromatic carbocycles. The minimum absolute atomic E-state index is 0.404. The van der Waals surface area contributed by atoms with Crippen LogP contribution in [0, 0.1) is 0 Å². The van der Waals surface area contributed by atoms with E-state index in [2.05, 4.69) is 4.74 Å². The number of benzene rings is 1. The van der Waals surface area contributed by atoms with Crippen LogP contribution in [0.5, 0.6) is 5.75 Å². The van der Waals surface area contributed by atoms with Crippen LogP contribution in [0.15, 0.2) is 12.1 Å². The number of halogens is 7. The van der Waals surface area contributed by atoms with E-state index in [4.69, 9.17) is 23.2 Å². The molecule has 106 valence electrons. The first-order valence-electron chi connectivity index (χ1n) is 4.43. The molecule has 0 saturated heterocycles. The molecule has 1 rings (SSSR count). The lowest BCUT2D eigenvalue weighted by atomic mass is 10.3. The molecule has 1 amide bonds. The molecule has 10 heteroatoms. The van der Waals surface area contributed by atoms with E-state index in [0.717, 1.165) is 12.1 Å². The summed E-state index contributed by atoms with van der Waals surface area (Å²) in [5, 5.41) is 0.534. The Bertz CT molecular complexity index is 469. The lowest BCUT2D eigenvalue weighted by Crippen LogP contribution is -2.29. The van der Waals surface area contributed by atoms with Gasteiger partial charge >= 0.3 is 18.7 Å². The number of alkyl halides is 5. The van der Waals surface area contributed by atoms with Crippen LogP contribution in [0.2, 0.25) is 10.0 Å². The smallest absolute Gasteiger partial charge is 0.432 e. The second-order valence-corrected chi connectivity index (χ2v) is 3.91. The Balaban J connectivity index is 2.98. The summed E-state index contributed by atoms with van der Waals surface area (Å²) in [6.07, 6.45) is -5.10. The van der Waals surface area contributed by atoms with Crippen molar-refractivity contribution in [1.82, 2.24) is 0 Å². The largest absolute Gasteiger partial charge is 0.471 e. The average molecular weight is 324 g/mol. The van der Waals surface area contributed by atoms with Gasteiger partial charge in [0.05, 0.1) is 10.0 Å². The first-order chi connectivity index (χ1) is 8.61. The summed E-state index contributed by atoms with van der Waals surface area (Å²) in [6.45, 7) is -3.20. The number of hydrogen-bond donors (Lipinski definition) is 1. The van der Waals surface area contributed by atoms with Gasteiger partial charge in [-0.3, -0.25) is 4.79 Å². The molecule has 1 N–H and O–H groups in total. The van der Waals surface area contributed by atoms with Gasteiger partial charge in [0.1, 0.15) is 0 Å². The van der Waals surface area contributed by atoms with Crippen LogP contribution in [-0.4, -0.2) is 18.7 Å². The Hall–Kier alpha value is -1.28. The summed E-state index contributed by atoms with van der Waals surface area (Å²) in [5.41, 5.74) is -0.404. The van der Waals surface area contributed by atoms with Crippen molar-refractivity contribution in [3.63, 3.8) is 0 Å². The summed E-state index contributed by atoms with van der Waals surface area (Å²) in [7, 11) is 0. The topological polar surface area (TPSA) is 38.3 Å². The Morgan fingerprint density at radius 3 is 2.05 bits per heavy atom. The highest BCUT2D eigenvalue weighted by atomic mass is 35.5. The lowest BCUT2D eigenvalue weighted by Gasteiger charge is -2.12. The molecule has 3 nitrogen and oxygen atoms in total. The standard InChI is InChI=1S/C9H4Cl2F5NO2/c10-4-1-3(17-7(18)9(14,15)16)2-5(11)6(4)19-8(12)13/h1-2,8H,(H,17,18). The second kappa shape index (κ2) is 5.79. The van der Waals surface area contributed by atoms with Crippen molar-refractivity contribution in [2.45, 2.75) is 12.8 Å². The van der Waals surface area contributed by atoms with E-state index in [1.165, 1.54) is 5.32 Å². The SMILES string of the molecule is O=C(Nc1cc(Cl)c(OC(F)F)c(Cl)c1)C(F)(F)F. The van der Waals surface area contributed by atoms with Gasteiger partial charge in [-0.15, -0.1) is 0 Å². The van der Waals surface area contributed by atoms with Crippen molar-refractivity contribution in [2.24, 2.45) is 0 Å². The number of amides is 1. The normalized spacial score (nSPS) is 11.6. The molecule has 0 fully saturated rings. The molecule has 1 aromatic rings. The Labute approximate surface area is 113 Å². The fraction of sp³-hybridized carbons (Fsp3) is 0.222. The monoisotopic (exact) mass is 323 g/mol. The maximum Gasteiger partial charge on any atom is 0.471 e. The molecule has 0 saturated carbocycles. The number of nitrogens with one attached hydrogen (secondary N) is 1. The van der Waals surface area contributed by atoms with Crippen molar-refractivity contribution < 1.29 is 31.5 Å². The average Bonchev–Trinajstić information content (AvgIpc) is 2.21. The van der Waals surface area contributed by atoms with E-state index in [-0.39, 0.29) is 0 Å².